The summed E-state index contributed by atoms with van der Waals surface area (Å²) in [7, 11) is 0. The molecule has 1 aromatic rings. The summed E-state index contributed by atoms with van der Waals surface area (Å²) in [6.45, 7) is 5.30. The van der Waals surface area contributed by atoms with Gasteiger partial charge in [0.1, 0.15) is 0 Å². The van der Waals surface area contributed by atoms with Gasteiger partial charge in [-0.3, -0.25) is 4.79 Å². The number of carbonyl (C=O) groups is 1. The van der Waals surface area contributed by atoms with Crippen molar-refractivity contribution in [1.29, 1.82) is 0 Å². The third-order valence-electron chi connectivity index (χ3n) is 6.54. The Morgan fingerprint density at radius 2 is 1.96 bits per heavy atom. The zero-order valence-electron chi connectivity index (χ0n) is 15.9. The van der Waals surface area contributed by atoms with Crippen molar-refractivity contribution >= 4 is 5.91 Å². The number of piperidine rings is 1. The third-order valence-corrected chi connectivity index (χ3v) is 6.54. The van der Waals surface area contributed by atoms with Gasteiger partial charge in [0.05, 0.1) is 0 Å². The third kappa shape index (κ3) is 3.80. The Hall–Kier alpha value is -1.43. The maximum Gasteiger partial charge on any atom is 0.229 e. The molecule has 0 N–H and O–H groups in total. The van der Waals surface area contributed by atoms with Gasteiger partial charge in [-0.25, -0.2) is 0 Å². The molecule has 2 saturated heterocycles. The zero-order valence-corrected chi connectivity index (χ0v) is 15.9. The number of rotatable bonds is 4. The minimum atomic E-state index is -0.198. The number of carbonyl (C=O) groups excluding carboxylic acids is 1. The Kier molecular flexibility index (Phi) is 5.30. The van der Waals surface area contributed by atoms with Gasteiger partial charge in [-0.2, -0.15) is 4.98 Å². The van der Waals surface area contributed by atoms with Crippen LogP contribution in [0.5, 0.6) is 0 Å². The summed E-state index contributed by atoms with van der Waals surface area (Å²) < 4.78 is 11.0. The van der Waals surface area contributed by atoms with Crippen LogP contribution in [0.25, 0.3) is 0 Å². The number of ether oxygens (including phenoxy) is 1. The lowest BCUT2D eigenvalue weighted by atomic mass is 9.81. The van der Waals surface area contributed by atoms with Gasteiger partial charge in [-0.05, 0) is 44.4 Å². The van der Waals surface area contributed by atoms with Gasteiger partial charge in [-0.15, -0.1) is 0 Å². The number of hydrogen-bond acceptors (Lipinski definition) is 5. The van der Waals surface area contributed by atoms with Crippen molar-refractivity contribution < 1.29 is 14.1 Å². The molecule has 2 aliphatic heterocycles. The Morgan fingerprint density at radius 3 is 2.73 bits per heavy atom. The van der Waals surface area contributed by atoms with Crippen molar-refractivity contribution in [2.24, 2.45) is 5.92 Å². The van der Waals surface area contributed by atoms with Crippen LogP contribution in [0, 0.1) is 5.92 Å². The molecular weight excluding hydrogens is 330 g/mol. The van der Waals surface area contributed by atoms with Crippen LogP contribution in [0.1, 0.15) is 82.3 Å². The normalized spacial score (nSPS) is 28.6. The summed E-state index contributed by atoms with van der Waals surface area (Å²) >= 11 is 0. The van der Waals surface area contributed by atoms with Gasteiger partial charge in [-0.1, -0.05) is 24.9 Å². The van der Waals surface area contributed by atoms with E-state index in [9.17, 15) is 4.79 Å². The molecule has 0 spiro atoms. The molecule has 1 aliphatic carbocycles. The number of aromatic nitrogens is 2. The Morgan fingerprint density at radius 1 is 1.19 bits per heavy atom. The lowest BCUT2D eigenvalue weighted by molar-refractivity contribution is -0.134. The highest BCUT2D eigenvalue weighted by Gasteiger charge is 2.39. The molecule has 3 fully saturated rings. The van der Waals surface area contributed by atoms with E-state index < -0.39 is 0 Å². The minimum absolute atomic E-state index is 0.198. The van der Waals surface area contributed by atoms with E-state index in [1.54, 1.807) is 0 Å². The molecule has 1 aromatic heterocycles. The van der Waals surface area contributed by atoms with E-state index in [1.807, 2.05) is 4.90 Å². The van der Waals surface area contributed by atoms with Gasteiger partial charge in [0.15, 0.2) is 5.82 Å². The van der Waals surface area contributed by atoms with Crippen LogP contribution in [-0.2, 0) is 14.9 Å². The number of likely N-dealkylation sites (tertiary alicyclic amines) is 1. The molecule has 1 amide bonds. The van der Waals surface area contributed by atoms with Gasteiger partial charge in [0.2, 0.25) is 11.8 Å². The van der Waals surface area contributed by atoms with Crippen molar-refractivity contribution in [3.05, 3.63) is 11.7 Å². The topological polar surface area (TPSA) is 68.5 Å². The van der Waals surface area contributed by atoms with E-state index in [0.29, 0.717) is 24.3 Å². The van der Waals surface area contributed by atoms with Crippen LogP contribution < -0.4 is 0 Å². The largest absolute Gasteiger partial charge is 0.381 e. The molecule has 0 radical (unpaired) electrons. The zero-order chi connectivity index (χ0) is 18.0. The summed E-state index contributed by atoms with van der Waals surface area (Å²) in [6.07, 6.45) is 9.64. The van der Waals surface area contributed by atoms with E-state index >= 15 is 0 Å². The Labute approximate surface area is 155 Å². The highest BCUT2D eigenvalue weighted by molar-refractivity contribution is 5.76. The molecule has 3 aliphatic rings. The molecule has 0 bridgehead atoms. The Balaban J connectivity index is 1.42. The fourth-order valence-corrected chi connectivity index (χ4v) is 4.82. The first-order valence-electron chi connectivity index (χ1n) is 10.3. The van der Waals surface area contributed by atoms with Crippen LogP contribution in [0.3, 0.4) is 0 Å². The minimum Gasteiger partial charge on any atom is -0.381 e. The average molecular weight is 361 g/mol. The van der Waals surface area contributed by atoms with Gasteiger partial charge in [0.25, 0.3) is 0 Å². The maximum absolute atomic E-state index is 12.8. The second-order valence-corrected chi connectivity index (χ2v) is 8.68. The molecule has 1 saturated carbocycles. The van der Waals surface area contributed by atoms with Crippen LogP contribution >= 0.6 is 0 Å². The number of amides is 1. The lowest BCUT2D eigenvalue weighted by Gasteiger charge is -2.38. The lowest BCUT2D eigenvalue weighted by Crippen LogP contribution is -2.47. The summed E-state index contributed by atoms with van der Waals surface area (Å²) in [6, 6.07) is 0. The second kappa shape index (κ2) is 7.67. The van der Waals surface area contributed by atoms with Crippen LogP contribution in [0.4, 0.5) is 0 Å². The van der Waals surface area contributed by atoms with Crippen LogP contribution in [-0.4, -0.2) is 47.3 Å². The molecule has 6 heteroatoms. The quantitative estimate of drug-likeness (QED) is 0.822. The molecule has 144 valence electrons. The first-order valence-corrected chi connectivity index (χ1v) is 10.3. The van der Waals surface area contributed by atoms with Gasteiger partial charge in [0, 0.05) is 44.1 Å². The molecule has 1 unspecified atom stereocenters. The molecule has 0 aromatic carbocycles. The summed E-state index contributed by atoms with van der Waals surface area (Å²) in [5.74, 6) is 2.76. The van der Waals surface area contributed by atoms with Crippen molar-refractivity contribution in [2.75, 3.05) is 26.3 Å². The molecule has 6 nitrogen and oxygen atoms in total. The smallest absolute Gasteiger partial charge is 0.229 e. The Bertz CT molecular complexity index is 620. The SMILES string of the molecule is CC1(c2noc(C3CCOCC3)n2)CCCN(C(=O)CC2CCCC2)C1. The van der Waals surface area contributed by atoms with Crippen molar-refractivity contribution in [3.8, 4) is 0 Å². The van der Waals surface area contributed by atoms with Gasteiger partial charge < -0.3 is 14.2 Å². The molecule has 1 atom stereocenters. The highest BCUT2D eigenvalue weighted by Crippen LogP contribution is 2.35. The predicted octanol–water partition coefficient (Wildman–Crippen LogP) is 3.42. The summed E-state index contributed by atoms with van der Waals surface area (Å²) in [5.41, 5.74) is -0.198. The summed E-state index contributed by atoms with van der Waals surface area (Å²) in [5, 5.41) is 4.32. The first kappa shape index (κ1) is 18.0. The van der Waals surface area contributed by atoms with Crippen molar-refractivity contribution in [2.45, 2.75) is 76.0 Å². The predicted molar refractivity (Wildman–Crippen MR) is 96.8 cm³/mol. The molecule has 26 heavy (non-hydrogen) atoms. The van der Waals surface area contributed by atoms with E-state index in [4.69, 9.17) is 14.2 Å². The van der Waals surface area contributed by atoms with Crippen LogP contribution in [0.2, 0.25) is 0 Å². The number of hydrogen-bond donors (Lipinski definition) is 0. The van der Waals surface area contributed by atoms with Crippen molar-refractivity contribution in [1.82, 2.24) is 15.0 Å². The highest BCUT2D eigenvalue weighted by atomic mass is 16.5. The monoisotopic (exact) mass is 361 g/mol. The van der Waals surface area contributed by atoms with Crippen molar-refractivity contribution in [3.63, 3.8) is 0 Å². The first-order chi connectivity index (χ1) is 12.6. The molecule has 3 heterocycles. The van der Waals surface area contributed by atoms with Gasteiger partial charge >= 0.3 is 0 Å². The van der Waals surface area contributed by atoms with E-state index in [2.05, 4.69) is 12.1 Å². The molecule has 4 rings (SSSR count). The van der Waals surface area contributed by atoms with Crippen LogP contribution in [0.15, 0.2) is 4.52 Å². The molecular formula is C20H31N3O3. The fraction of sp³-hybridized carbons (Fsp3) is 0.850. The second-order valence-electron chi connectivity index (χ2n) is 8.68. The van der Waals surface area contributed by atoms with E-state index in [0.717, 1.165) is 63.6 Å². The standard InChI is InChI=1S/C20H31N3O3/c1-20(19-21-18(26-22-19)16-7-11-25-12-8-16)9-4-10-23(14-20)17(24)13-15-5-2-3-6-15/h15-16H,2-14H2,1H3. The van der Waals surface area contributed by atoms with E-state index in [-0.39, 0.29) is 5.41 Å². The van der Waals surface area contributed by atoms with E-state index in [1.165, 1.54) is 25.7 Å². The summed E-state index contributed by atoms with van der Waals surface area (Å²) in [4.78, 5) is 19.6. The number of nitrogens with zero attached hydrogens (tertiary/aromatic N) is 3. The fourth-order valence-electron chi connectivity index (χ4n) is 4.82. The maximum atomic E-state index is 12.8. The average Bonchev–Trinajstić information content (AvgIpc) is 3.35.